The molecule has 1 amide bonds. The van der Waals surface area contributed by atoms with Crippen LogP contribution in [-0.4, -0.2) is 25.4 Å². The molecule has 0 radical (unpaired) electrons. The maximum Gasteiger partial charge on any atom is 0.268 e. The number of hydrogen-bond donors (Lipinski definition) is 1. The molecule has 1 aromatic heterocycles. The van der Waals surface area contributed by atoms with E-state index in [0.717, 1.165) is 16.7 Å². The fourth-order valence-electron chi connectivity index (χ4n) is 3.56. The van der Waals surface area contributed by atoms with Crippen molar-refractivity contribution in [1.29, 1.82) is 0 Å². The minimum atomic E-state index is -3.73. The highest BCUT2D eigenvalue weighted by Gasteiger charge is 2.32. The number of rotatable bonds is 5. The maximum absolute atomic E-state index is 13.2. The Morgan fingerprint density at radius 1 is 1.10 bits per heavy atom. The summed E-state index contributed by atoms with van der Waals surface area (Å²) in [5, 5.41) is 2.86. The van der Waals surface area contributed by atoms with Crippen molar-refractivity contribution in [3.05, 3.63) is 83.2 Å². The van der Waals surface area contributed by atoms with Crippen LogP contribution in [0.3, 0.4) is 0 Å². The highest BCUT2D eigenvalue weighted by Crippen LogP contribution is 2.33. The van der Waals surface area contributed by atoms with Crippen LogP contribution in [-0.2, 0) is 30.0 Å². The molecule has 3 aromatic rings. The van der Waals surface area contributed by atoms with Gasteiger partial charge in [-0.05, 0) is 36.6 Å². The third-order valence-corrected chi connectivity index (χ3v) is 7.00. The molecule has 29 heavy (non-hydrogen) atoms. The van der Waals surface area contributed by atoms with E-state index in [1.165, 1.54) is 16.6 Å². The lowest BCUT2D eigenvalue weighted by atomic mass is 10.1. The molecule has 2 heterocycles. The van der Waals surface area contributed by atoms with E-state index in [-0.39, 0.29) is 10.8 Å². The number of nitrogens with zero attached hydrogens (tertiary/aromatic N) is 2. The maximum atomic E-state index is 13.2. The Balaban J connectivity index is 1.54. The van der Waals surface area contributed by atoms with E-state index < -0.39 is 10.0 Å². The number of hydrogen-bond acceptors (Lipinski definition) is 3. The van der Waals surface area contributed by atoms with Crippen molar-refractivity contribution in [3.8, 4) is 0 Å². The molecule has 0 bridgehead atoms. The zero-order chi connectivity index (χ0) is 20.6. The molecule has 150 valence electrons. The number of fused-ring (bicyclic) bond motifs is 1. The number of nitrogens with one attached hydrogen (secondary N) is 1. The number of para-hydroxylation sites is 1. The molecule has 1 aliphatic heterocycles. The second-order valence-electron chi connectivity index (χ2n) is 7.30. The van der Waals surface area contributed by atoms with E-state index in [9.17, 15) is 13.2 Å². The standard InChI is InChI=1S/C22H23N3O3S/c1-16-7-9-17(10-8-16)14-23-22(26)21-13-19(15-24(21)2)29(27,28)25-12-11-18-5-3-4-6-20(18)25/h3-10,13,15H,11-12,14H2,1-2H3,(H,23,26). The summed E-state index contributed by atoms with van der Waals surface area (Å²) >= 11 is 0. The number of benzene rings is 2. The third-order valence-electron chi connectivity index (χ3n) is 5.22. The van der Waals surface area contributed by atoms with Crippen LogP contribution in [0.25, 0.3) is 0 Å². The molecule has 4 rings (SSSR count). The topological polar surface area (TPSA) is 71.4 Å². The summed E-state index contributed by atoms with van der Waals surface area (Å²) in [7, 11) is -2.05. The van der Waals surface area contributed by atoms with E-state index in [0.29, 0.717) is 30.9 Å². The Hall–Kier alpha value is -3.06. The zero-order valence-electron chi connectivity index (χ0n) is 16.4. The van der Waals surface area contributed by atoms with Gasteiger partial charge in [0.05, 0.1) is 5.69 Å². The minimum Gasteiger partial charge on any atom is -0.347 e. The smallest absolute Gasteiger partial charge is 0.268 e. The molecule has 1 N–H and O–H groups in total. The number of aromatic nitrogens is 1. The van der Waals surface area contributed by atoms with Crippen LogP contribution in [0.4, 0.5) is 5.69 Å². The number of anilines is 1. The van der Waals surface area contributed by atoms with E-state index in [1.54, 1.807) is 11.6 Å². The molecule has 1 aliphatic rings. The second-order valence-corrected chi connectivity index (χ2v) is 9.16. The van der Waals surface area contributed by atoms with Crippen LogP contribution in [0.2, 0.25) is 0 Å². The van der Waals surface area contributed by atoms with Crippen molar-refractivity contribution in [2.75, 3.05) is 10.8 Å². The Bertz CT molecular complexity index is 1160. The molecule has 0 fully saturated rings. The van der Waals surface area contributed by atoms with Gasteiger partial charge in [-0.1, -0.05) is 48.0 Å². The van der Waals surface area contributed by atoms with E-state index in [4.69, 9.17) is 0 Å². The monoisotopic (exact) mass is 409 g/mol. The van der Waals surface area contributed by atoms with Gasteiger partial charge in [0.2, 0.25) is 0 Å². The van der Waals surface area contributed by atoms with Gasteiger partial charge in [0.25, 0.3) is 15.9 Å². The van der Waals surface area contributed by atoms with Gasteiger partial charge in [0, 0.05) is 26.3 Å². The van der Waals surface area contributed by atoms with Crippen molar-refractivity contribution in [2.45, 2.75) is 24.8 Å². The fourth-order valence-corrected chi connectivity index (χ4v) is 5.14. The quantitative estimate of drug-likeness (QED) is 0.704. The second kappa shape index (κ2) is 7.40. The van der Waals surface area contributed by atoms with Crippen molar-refractivity contribution in [3.63, 3.8) is 0 Å². The average molecular weight is 410 g/mol. The Kier molecular flexibility index (Phi) is 4.92. The van der Waals surface area contributed by atoms with Crippen LogP contribution in [0.1, 0.15) is 27.2 Å². The van der Waals surface area contributed by atoms with Crippen molar-refractivity contribution in [2.24, 2.45) is 7.05 Å². The van der Waals surface area contributed by atoms with Crippen molar-refractivity contribution < 1.29 is 13.2 Å². The summed E-state index contributed by atoms with van der Waals surface area (Å²) in [6, 6.07) is 16.8. The molecule has 0 unspecified atom stereocenters. The molecule has 0 aliphatic carbocycles. The molecule has 0 atom stereocenters. The molecule has 0 spiro atoms. The summed E-state index contributed by atoms with van der Waals surface area (Å²) in [6.07, 6.45) is 2.18. The lowest BCUT2D eigenvalue weighted by molar-refractivity contribution is 0.0942. The lowest BCUT2D eigenvalue weighted by Gasteiger charge is -2.18. The lowest BCUT2D eigenvalue weighted by Crippen LogP contribution is -2.28. The van der Waals surface area contributed by atoms with Crippen molar-refractivity contribution >= 4 is 21.6 Å². The Morgan fingerprint density at radius 2 is 1.83 bits per heavy atom. The van der Waals surface area contributed by atoms with Gasteiger partial charge in [-0.25, -0.2) is 8.42 Å². The third kappa shape index (κ3) is 3.65. The number of amides is 1. The van der Waals surface area contributed by atoms with E-state index in [1.807, 2.05) is 55.5 Å². The Labute approximate surface area is 170 Å². The highest BCUT2D eigenvalue weighted by molar-refractivity contribution is 7.92. The molecule has 0 saturated heterocycles. The van der Waals surface area contributed by atoms with Crippen LogP contribution in [0.15, 0.2) is 65.7 Å². The summed E-state index contributed by atoms with van der Waals surface area (Å²) in [6.45, 7) is 2.80. The van der Waals surface area contributed by atoms with Gasteiger partial charge < -0.3 is 9.88 Å². The largest absolute Gasteiger partial charge is 0.347 e. The number of carbonyl (C=O) groups excluding carboxylic acids is 1. The molecule has 6 nitrogen and oxygen atoms in total. The van der Waals surface area contributed by atoms with Gasteiger partial charge in [-0.2, -0.15) is 0 Å². The summed E-state index contributed by atoms with van der Waals surface area (Å²) in [4.78, 5) is 12.7. The van der Waals surface area contributed by atoms with Crippen LogP contribution < -0.4 is 9.62 Å². The predicted molar refractivity (Wildman–Crippen MR) is 112 cm³/mol. The molecular formula is C22H23N3O3S. The first-order valence-electron chi connectivity index (χ1n) is 9.47. The Morgan fingerprint density at radius 3 is 2.59 bits per heavy atom. The summed E-state index contributed by atoms with van der Waals surface area (Å²) in [5.74, 6) is -0.309. The zero-order valence-corrected chi connectivity index (χ0v) is 17.2. The van der Waals surface area contributed by atoms with Crippen molar-refractivity contribution in [1.82, 2.24) is 9.88 Å². The first-order chi connectivity index (χ1) is 13.9. The first kappa shape index (κ1) is 19.3. The fraction of sp³-hybridized carbons (Fsp3) is 0.227. The van der Waals surface area contributed by atoms with Gasteiger partial charge in [0.1, 0.15) is 10.6 Å². The van der Waals surface area contributed by atoms with E-state index in [2.05, 4.69) is 5.32 Å². The van der Waals surface area contributed by atoms with Crippen LogP contribution >= 0.6 is 0 Å². The molecule has 0 saturated carbocycles. The number of sulfonamides is 1. The van der Waals surface area contributed by atoms with Crippen LogP contribution in [0.5, 0.6) is 0 Å². The number of aryl methyl sites for hydroxylation is 2. The van der Waals surface area contributed by atoms with Gasteiger partial charge in [-0.3, -0.25) is 9.10 Å². The van der Waals surface area contributed by atoms with Gasteiger partial charge in [0.15, 0.2) is 0 Å². The summed E-state index contributed by atoms with van der Waals surface area (Å²) < 4.78 is 29.3. The molecule has 2 aromatic carbocycles. The van der Waals surface area contributed by atoms with E-state index >= 15 is 0 Å². The SMILES string of the molecule is Cc1ccc(CNC(=O)c2cc(S(=O)(=O)N3CCc4ccccc43)cn2C)cc1. The normalized spacial score (nSPS) is 13.4. The molecular weight excluding hydrogens is 386 g/mol. The minimum absolute atomic E-state index is 0.122. The number of carbonyl (C=O) groups is 1. The van der Waals surface area contributed by atoms with Crippen LogP contribution in [0, 0.1) is 6.92 Å². The first-order valence-corrected chi connectivity index (χ1v) is 10.9. The molecule has 7 heteroatoms. The highest BCUT2D eigenvalue weighted by atomic mass is 32.2. The summed E-state index contributed by atoms with van der Waals surface area (Å²) in [5.41, 5.74) is 4.17. The van der Waals surface area contributed by atoms with Gasteiger partial charge in [-0.15, -0.1) is 0 Å². The average Bonchev–Trinajstić information content (AvgIpc) is 3.32. The van der Waals surface area contributed by atoms with Gasteiger partial charge >= 0.3 is 0 Å². The predicted octanol–water partition coefficient (Wildman–Crippen LogP) is 3.01.